The van der Waals surface area contributed by atoms with Crippen molar-refractivity contribution in [2.24, 2.45) is 0 Å². The van der Waals surface area contributed by atoms with Crippen molar-refractivity contribution in [1.82, 2.24) is 10.2 Å². The molecule has 31 heavy (non-hydrogen) atoms. The number of hydrogen-bond donors (Lipinski definition) is 1. The number of halogens is 2. The largest absolute Gasteiger partial charge is 0.444 e. The van der Waals surface area contributed by atoms with Gasteiger partial charge in [0.25, 0.3) is 5.91 Å². The first-order chi connectivity index (χ1) is 14.5. The summed E-state index contributed by atoms with van der Waals surface area (Å²) in [5, 5.41) is 4.06. The van der Waals surface area contributed by atoms with E-state index in [0.717, 1.165) is 11.1 Å². The van der Waals surface area contributed by atoms with Crippen LogP contribution < -0.4 is 5.32 Å². The van der Waals surface area contributed by atoms with Gasteiger partial charge in [0.15, 0.2) is 0 Å². The Bertz CT molecular complexity index is 954. The maximum absolute atomic E-state index is 12.9. The van der Waals surface area contributed by atoms with Gasteiger partial charge in [0.2, 0.25) is 0 Å². The second-order valence-electron chi connectivity index (χ2n) is 8.94. The number of rotatable bonds is 3. The van der Waals surface area contributed by atoms with Gasteiger partial charge in [-0.15, -0.1) is 0 Å². The number of likely N-dealkylation sites (tertiary alicyclic amines) is 1. The molecule has 1 aliphatic heterocycles. The molecule has 5 nitrogen and oxygen atoms in total. The van der Waals surface area contributed by atoms with Gasteiger partial charge in [-0.3, -0.25) is 4.79 Å². The lowest BCUT2D eigenvalue weighted by atomic mass is 9.86. The van der Waals surface area contributed by atoms with Crippen LogP contribution in [0.1, 0.15) is 54.6 Å². The Labute approximate surface area is 193 Å². The van der Waals surface area contributed by atoms with E-state index in [1.165, 1.54) is 0 Å². The summed E-state index contributed by atoms with van der Waals surface area (Å²) in [6, 6.07) is 12.7. The molecule has 1 heterocycles. The summed E-state index contributed by atoms with van der Waals surface area (Å²) in [7, 11) is 0. The van der Waals surface area contributed by atoms with Crippen molar-refractivity contribution in [3.8, 4) is 0 Å². The first-order valence-corrected chi connectivity index (χ1v) is 11.1. The average molecular weight is 463 g/mol. The molecule has 7 heteroatoms. The maximum atomic E-state index is 12.9. The third kappa shape index (κ3) is 6.14. The zero-order valence-electron chi connectivity index (χ0n) is 18.2. The van der Waals surface area contributed by atoms with Crippen LogP contribution >= 0.6 is 23.2 Å². The zero-order chi connectivity index (χ0) is 22.8. The number of aryl methyl sites for hydroxylation is 1. The van der Waals surface area contributed by atoms with Crippen molar-refractivity contribution in [1.29, 1.82) is 0 Å². The summed E-state index contributed by atoms with van der Waals surface area (Å²) in [6.45, 7) is 8.41. The third-order valence-electron chi connectivity index (χ3n) is 5.27. The van der Waals surface area contributed by atoms with Crippen LogP contribution in [0, 0.1) is 6.92 Å². The van der Waals surface area contributed by atoms with E-state index in [2.05, 4.69) is 5.32 Å². The zero-order valence-corrected chi connectivity index (χ0v) is 19.8. The number of carbonyl (C=O) groups excluding carboxylic acids is 2. The van der Waals surface area contributed by atoms with Crippen LogP contribution in [0.5, 0.6) is 0 Å². The van der Waals surface area contributed by atoms with Crippen molar-refractivity contribution in [2.45, 2.75) is 51.7 Å². The van der Waals surface area contributed by atoms with Crippen LogP contribution in [0.2, 0.25) is 10.0 Å². The highest BCUT2D eigenvalue weighted by atomic mass is 35.5. The fraction of sp³-hybridized carbons (Fsp3) is 0.417. The Balaban J connectivity index is 1.83. The number of carbonyl (C=O) groups is 2. The highest BCUT2D eigenvalue weighted by Gasteiger charge is 2.35. The average Bonchev–Trinajstić information content (AvgIpc) is 2.69. The first-order valence-electron chi connectivity index (χ1n) is 10.3. The molecular formula is C24H28Cl2N2O3. The van der Waals surface area contributed by atoms with Crippen LogP contribution in [-0.2, 0) is 4.74 Å². The van der Waals surface area contributed by atoms with E-state index in [4.69, 9.17) is 27.9 Å². The molecule has 2 aromatic carbocycles. The molecule has 0 spiro atoms. The lowest BCUT2D eigenvalue weighted by molar-refractivity contribution is 0.0177. The van der Waals surface area contributed by atoms with Gasteiger partial charge in [-0.1, -0.05) is 47.0 Å². The minimum Gasteiger partial charge on any atom is -0.444 e. The lowest BCUT2D eigenvalue weighted by Crippen LogP contribution is -2.52. The molecule has 3 rings (SSSR count). The summed E-state index contributed by atoms with van der Waals surface area (Å²) in [4.78, 5) is 27.2. The maximum Gasteiger partial charge on any atom is 0.410 e. The minimum absolute atomic E-state index is 0.138. The number of amides is 2. The van der Waals surface area contributed by atoms with Crippen LogP contribution in [0.25, 0.3) is 0 Å². The number of ether oxygens (including phenoxy) is 1. The fourth-order valence-corrected chi connectivity index (χ4v) is 3.96. The summed E-state index contributed by atoms with van der Waals surface area (Å²) < 4.78 is 5.55. The van der Waals surface area contributed by atoms with Crippen LogP contribution in [-0.4, -0.2) is 41.6 Å². The predicted molar refractivity (Wildman–Crippen MR) is 124 cm³/mol. The number of nitrogens with one attached hydrogen (secondary N) is 1. The monoisotopic (exact) mass is 462 g/mol. The van der Waals surface area contributed by atoms with Crippen molar-refractivity contribution < 1.29 is 14.3 Å². The molecule has 0 aromatic heterocycles. The number of benzene rings is 2. The van der Waals surface area contributed by atoms with E-state index in [1.807, 2.05) is 58.0 Å². The van der Waals surface area contributed by atoms with Gasteiger partial charge in [0, 0.05) is 30.6 Å². The molecule has 1 saturated heterocycles. The summed E-state index contributed by atoms with van der Waals surface area (Å²) in [5.41, 5.74) is 2.04. The standard InChI is InChI=1S/C24H28Cl2N2O3/c1-15-5-7-16(8-6-15)22(29)27-21-11-12-28(23(30)31-24(2,3)4)14-18(21)17-9-10-19(25)20(26)13-17/h5-10,13,18,21H,11-12,14H2,1-4H3,(H,27,29)/t18-,21+/m0/s1. The van der Waals surface area contributed by atoms with E-state index >= 15 is 0 Å². The third-order valence-corrected chi connectivity index (χ3v) is 6.01. The number of hydrogen-bond acceptors (Lipinski definition) is 3. The molecule has 0 saturated carbocycles. The molecule has 2 atom stereocenters. The quantitative estimate of drug-likeness (QED) is 0.624. The van der Waals surface area contributed by atoms with Crippen molar-refractivity contribution in [2.75, 3.05) is 13.1 Å². The highest BCUT2D eigenvalue weighted by Crippen LogP contribution is 2.32. The molecule has 166 valence electrons. The normalized spacial score (nSPS) is 19.1. The Morgan fingerprint density at radius 3 is 2.35 bits per heavy atom. The smallest absolute Gasteiger partial charge is 0.410 e. The topological polar surface area (TPSA) is 58.6 Å². The molecule has 2 amide bonds. The summed E-state index contributed by atoms with van der Waals surface area (Å²) >= 11 is 12.4. The van der Waals surface area contributed by atoms with Crippen molar-refractivity contribution in [3.05, 3.63) is 69.2 Å². The predicted octanol–water partition coefficient (Wildman–Crippen LogP) is 5.82. The number of nitrogens with zero attached hydrogens (tertiary/aromatic N) is 1. The minimum atomic E-state index is -0.577. The van der Waals surface area contributed by atoms with Crippen molar-refractivity contribution >= 4 is 35.2 Å². The summed E-state index contributed by atoms with van der Waals surface area (Å²) in [5.74, 6) is -0.286. The van der Waals surface area contributed by atoms with Crippen molar-refractivity contribution in [3.63, 3.8) is 0 Å². The highest BCUT2D eigenvalue weighted by molar-refractivity contribution is 6.42. The Morgan fingerprint density at radius 2 is 1.74 bits per heavy atom. The van der Waals surface area contributed by atoms with E-state index in [1.54, 1.807) is 17.0 Å². The second-order valence-corrected chi connectivity index (χ2v) is 9.76. The van der Waals surface area contributed by atoms with Gasteiger partial charge in [-0.25, -0.2) is 4.79 Å². The molecule has 0 unspecified atom stereocenters. The Kier molecular flexibility index (Phi) is 7.17. The van der Waals surface area contributed by atoms with Crippen LogP contribution in [0.3, 0.4) is 0 Å². The summed E-state index contributed by atoms with van der Waals surface area (Å²) in [6.07, 6.45) is 0.239. The molecule has 1 aliphatic rings. The van der Waals surface area contributed by atoms with E-state index in [-0.39, 0.29) is 24.0 Å². The second kappa shape index (κ2) is 9.49. The molecular weight excluding hydrogens is 435 g/mol. The Hall–Kier alpha value is -2.24. The van der Waals surface area contributed by atoms with Gasteiger partial charge >= 0.3 is 6.09 Å². The van der Waals surface area contributed by atoms with Crippen LogP contribution in [0.4, 0.5) is 4.79 Å². The molecule has 0 bridgehead atoms. The van der Waals surface area contributed by atoms with E-state index in [0.29, 0.717) is 35.1 Å². The molecule has 2 aromatic rings. The molecule has 0 aliphatic carbocycles. The first kappa shape index (κ1) is 23.4. The van der Waals surface area contributed by atoms with Gasteiger partial charge < -0.3 is 15.0 Å². The van der Waals surface area contributed by atoms with Crippen LogP contribution in [0.15, 0.2) is 42.5 Å². The van der Waals surface area contributed by atoms with E-state index in [9.17, 15) is 9.59 Å². The molecule has 1 fully saturated rings. The van der Waals surface area contributed by atoms with Gasteiger partial charge in [-0.05, 0) is 63.9 Å². The SMILES string of the molecule is Cc1ccc(C(=O)N[C@@H]2CCN(C(=O)OC(C)(C)C)C[C@H]2c2ccc(Cl)c(Cl)c2)cc1. The Morgan fingerprint density at radius 1 is 1.06 bits per heavy atom. The lowest BCUT2D eigenvalue weighted by Gasteiger charge is -2.39. The van der Waals surface area contributed by atoms with Gasteiger partial charge in [-0.2, -0.15) is 0 Å². The van der Waals surface area contributed by atoms with Gasteiger partial charge in [0.1, 0.15) is 5.60 Å². The molecule has 1 N–H and O–H groups in total. The fourth-order valence-electron chi connectivity index (χ4n) is 3.65. The molecule has 0 radical (unpaired) electrons. The number of piperidine rings is 1. The van der Waals surface area contributed by atoms with E-state index < -0.39 is 5.60 Å². The van der Waals surface area contributed by atoms with Gasteiger partial charge in [0.05, 0.1) is 10.0 Å².